The molecule has 5 heterocycles. The highest BCUT2D eigenvalue weighted by atomic mass is 35.5. The normalized spacial score (nSPS) is 15.3. The van der Waals surface area contributed by atoms with Crippen molar-refractivity contribution in [3.8, 4) is 16.9 Å². The molecule has 8 rings (SSSR count). The summed E-state index contributed by atoms with van der Waals surface area (Å²) in [6.07, 6.45) is 8.19. The molecule has 1 aliphatic heterocycles. The van der Waals surface area contributed by atoms with Gasteiger partial charge in [0.15, 0.2) is 5.78 Å². The van der Waals surface area contributed by atoms with Crippen molar-refractivity contribution in [2.24, 2.45) is 20.0 Å². The number of hydrogen-bond donors (Lipinski definition) is 0. The summed E-state index contributed by atoms with van der Waals surface area (Å²) in [5, 5.41) is 8.16. The fraction of sp³-hybridized carbons (Fsp3) is 0.333. The molecular weight excluding hydrogens is 779 g/mol. The molecule has 0 saturated heterocycles. The van der Waals surface area contributed by atoms with Gasteiger partial charge in [-0.1, -0.05) is 35.3 Å². The van der Waals surface area contributed by atoms with Crippen LogP contribution in [-0.2, 0) is 33.5 Å². The number of pyridine rings is 1. The number of fused-ring (bicyclic) bond motifs is 4. The Bertz CT molecular complexity index is 2760. The van der Waals surface area contributed by atoms with Crippen LogP contribution in [0.15, 0.2) is 73.2 Å². The summed E-state index contributed by atoms with van der Waals surface area (Å²) in [4.78, 5) is 34.8. The van der Waals surface area contributed by atoms with E-state index >= 15 is 4.79 Å². The molecule has 11 heteroatoms. The van der Waals surface area contributed by atoms with Gasteiger partial charge in [0.1, 0.15) is 5.75 Å². The lowest BCUT2D eigenvalue weighted by molar-refractivity contribution is 0.0784. The molecule has 9 nitrogen and oxygen atoms in total. The van der Waals surface area contributed by atoms with Crippen molar-refractivity contribution in [3.63, 3.8) is 0 Å². The molecule has 0 saturated carbocycles. The highest BCUT2D eigenvalue weighted by Crippen LogP contribution is 2.46. The van der Waals surface area contributed by atoms with E-state index in [2.05, 4.69) is 40.2 Å². The Morgan fingerprint density at radius 2 is 1.75 bits per heavy atom. The van der Waals surface area contributed by atoms with E-state index in [0.29, 0.717) is 49.4 Å². The summed E-state index contributed by atoms with van der Waals surface area (Å²) in [7, 11) is 5.78. The van der Waals surface area contributed by atoms with E-state index in [0.717, 1.165) is 88.6 Å². The number of amides is 1. The van der Waals surface area contributed by atoms with Crippen LogP contribution < -0.4 is 4.74 Å². The van der Waals surface area contributed by atoms with Crippen molar-refractivity contribution in [2.45, 2.75) is 72.9 Å². The number of rotatable bonds is 11. The average molecular weight is 830 g/mol. The van der Waals surface area contributed by atoms with Gasteiger partial charge in [-0.25, -0.2) is 0 Å². The second-order valence-corrected chi connectivity index (χ2v) is 17.2. The van der Waals surface area contributed by atoms with Gasteiger partial charge in [0, 0.05) is 102 Å². The van der Waals surface area contributed by atoms with Gasteiger partial charge >= 0.3 is 0 Å². The number of carbonyl (C=O) groups is 2. The van der Waals surface area contributed by atoms with Crippen LogP contribution in [0.2, 0.25) is 10.0 Å². The van der Waals surface area contributed by atoms with Gasteiger partial charge in [0.25, 0.3) is 5.91 Å². The molecule has 3 aromatic carbocycles. The van der Waals surface area contributed by atoms with Crippen LogP contribution in [0.3, 0.4) is 0 Å². The number of nitrogens with zero attached hydrogens (tertiary/aromatic N) is 6. The quantitative estimate of drug-likeness (QED) is 0.121. The van der Waals surface area contributed by atoms with Crippen molar-refractivity contribution in [3.05, 3.63) is 134 Å². The Morgan fingerprint density at radius 1 is 0.983 bits per heavy atom. The van der Waals surface area contributed by atoms with Crippen molar-refractivity contribution in [1.29, 1.82) is 0 Å². The van der Waals surface area contributed by atoms with E-state index in [9.17, 15) is 4.79 Å². The van der Waals surface area contributed by atoms with Crippen LogP contribution in [0.1, 0.15) is 85.9 Å². The van der Waals surface area contributed by atoms with Crippen molar-refractivity contribution >= 4 is 56.7 Å². The number of Topliss-reactive ketones (excluding diaryl/α,β-unsaturated/α-hetero) is 1. The van der Waals surface area contributed by atoms with E-state index in [1.54, 1.807) is 17.3 Å². The van der Waals surface area contributed by atoms with Gasteiger partial charge in [-0.3, -0.25) is 19.3 Å². The van der Waals surface area contributed by atoms with Crippen LogP contribution >= 0.6 is 23.2 Å². The molecule has 0 bridgehead atoms. The number of hydrogen-bond acceptors (Lipinski definition) is 5. The fourth-order valence-electron chi connectivity index (χ4n) is 9.29. The molecule has 1 amide bonds. The smallest absolute Gasteiger partial charge is 0.253 e. The summed E-state index contributed by atoms with van der Waals surface area (Å²) < 4.78 is 12.5. The standard InChI is InChI=1S/C48H50Cl2N6O3/c1-27-19-36(20-28(2)44(27)50)59-18-10-12-37-38-14-15-40(49)43(42-30(4)52-55(8)31(42)5)45(38)56-29(3)21-34(47(57)46(37)56)22-35-26-53(6)41-16-13-33(23-39(35)41)48(58)54(7)25-32-11-9-17-51-24-32/h9,11,13-17,19-20,23-24,26,29,34H,10,12,18,21-22,25H2,1-8H3/t29-,34?/m1/s1. The predicted molar refractivity (Wildman–Crippen MR) is 237 cm³/mol. The summed E-state index contributed by atoms with van der Waals surface area (Å²) in [5.41, 5.74) is 12.2. The highest BCUT2D eigenvalue weighted by Gasteiger charge is 2.38. The molecule has 0 N–H and O–H groups in total. The third-order valence-electron chi connectivity index (χ3n) is 12.2. The van der Waals surface area contributed by atoms with Crippen molar-refractivity contribution in [2.75, 3.05) is 13.7 Å². The van der Waals surface area contributed by atoms with Crippen LogP contribution in [0, 0.1) is 33.6 Å². The molecular formula is C48H50Cl2N6O3. The maximum Gasteiger partial charge on any atom is 0.253 e. The zero-order valence-corrected chi connectivity index (χ0v) is 36.5. The van der Waals surface area contributed by atoms with Crippen LogP contribution in [0.5, 0.6) is 5.75 Å². The van der Waals surface area contributed by atoms with Gasteiger partial charge < -0.3 is 18.8 Å². The predicted octanol–water partition coefficient (Wildman–Crippen LogP) is 10.8. The molecule has 4 aromatic heterocycles. The Balaban J connectivity index is 1.16. The average Bonchev–Trinajstić information content (AvgIpc) is 3.80. The lowest BCUT2D eigenvalue weighted by Gasteiger charge is -2.30. The largest absolute Gasteiger partial charge is 0.494 e. The van der Waals surface area contributed by atoms with E-state index in [1.807, 2.05) is 95.1 Å². The first-order valence-electron chi connectivity index (χ1n) is 20.2. The van der Waals surface area contributed by atoms with E-state index in [-0.39, 0.29) is 23.7 Å². The lowest BCUT2D eigenvalue weighted by atomic mass is 9.84. The zero-order valence-electron chi connectivity index (χ0n) is 35.0. The first-order valence-corrected chi connectivity index (χ1v) is 21.0. The molecule has 0 radical (unpaired) electrons. The van der Waals surface area contributed by atoms with Gasteiger partial charge in [0.05, 0.1) is 28.5 Å². The van der Waals surface area contributed by atoms with Gasteiger partial charge in [0.2, 0.25) is 0 Å². The monoisotopic (exact) mass is 828 g/mol. The van der Waals surface area contributed by atoms with E-state index in [1.165, 1.54) is 0 Å². The number of benzene rings is 3. The van der Waals surface area contributed by atoms with Crippen LogP contribution in [0.25, 0.3) is 32.9 Å². The number of carbonyl (C=O) groups excluding carboxylic acids is 2. The molecule has 0 spiro atoms. The minimum atomic E-state index is -0.268. The number of ketones is 1. The molecule has 1 unspecified atom stereocenters. The van der Waals surface area contributed by atoms with Crippen LogP contribution in [0.4, 0.5) is 0 Å². The number of aryl methyl sites for hydroxylation is 6. The van der Waals surface area contributed by atoms with Crippen LogP contribution in [-0.4, -0.2) is 54.1 Å². The van der Waals surface area contributed by atoms with E-state index in [4.69, 9.17) is 33.0 Å². The minimum Gasteiger partial charge on any atom is -0.494 e. The van der Waals surface area contributed by atoms with E-state index < -0.39 is 0 Å². The van der Waals surface area contributed by atoms with Gasteiger partial charge in [-0.15, -0.1) is 0 Å². The first-order chi connectivity index (χ1) is 28.2. The summed E-state index contributed by atoms with van der Waals surface area (Å²) in [6.45, 7) is 11.2. The Morgan fingerprint density at radius 3 is 2.44 bits per heavy atom. The molecule has 7 aromatic rings. The third-order valence-corrected chi connectivity index (χ3v) is 13.1. The zero-order chi connectivity index (χ0) is 41.9. The Labute approximate surface area is 355 Å². The fourth-order valence-corrected chi connectivity index (χ4v) is 9.65. The molecule has 59 heavy (non-hydrogen) atoms. The minimum absolute atomic E-state index is 0.00274. The van der Waals surface area contributed by atoms with Crippen molar-refractivity contribution < 1.29 is 14.3 Å². The highest BCUT2D eigenvalue weighted by molar-refractivity contribution is 6.35. The number of halogens is 2. The topological polar surface area (TPSA) is 87.2 Å². The summed E-state index contributed by atoms with van der Waals surface area (Å²) in [5.74, 6) is 0.577. The Kier molecular flexibility index (Phi) is 11.0. The molecule has 0 fully saturated rings. The second-order valence-electron chi connectivity index (χ2n) is 16.4. The number of ether oxygens (including phenoxy) is 1. The van der Waals surface area contributed by atoms with Gasteiger partial charge in [-0.05, 0) is 131 Å². The first kappa shape index (κ1) is 40.4. The summed E-state index contributed by atoms with van der Waals surface area (Å²) >= 11 is 13.6. The third kappa shape index (κ3) is 7.33. The molecule has 1 aliphatic rings. The maximum atomic E-state index is 15.2. The SMILES string of the molecule is Cc1cc(OCCCc2c3n(c4c(-c5c(C)nn(C)c5C)c(Cl)ccc24)[C@H](C)CC(Cc2cn(C)c4ccc(C(=O)N(C)Cc5cccnc5)cc24)C3=O)cc(C)c1Cl. The maximum absolute atomic E-state index is 15.2. The number of aromatic nitrogens is 5. The Hall–Kier alpha value is -5.38. The van der Waals surface area contributed by atoms with Crippen molar-refractivity contribution in [1.82, 2.24) is 28.8 Å². The molecule has 304 valence electrons. The second kappa shape index (κ2) is 16.0. The summed E-state index contributed by atoms with van der Waals surface area (Å²) in [6, 6.07) is 17.7. The molecule has 2 atom stereocenters. The lowest BCUT2D eigenvalue weighted by Crippen LogP contribution is -2.31. The van der Waals surface area contributed by atoms with Gasteiger partial charge in [-0.2, -0.15) is 5.10 Å². The molecule has 0 aliphatic carbocycles.